The van der Waals surface area contributed by atoms with E-state index in [1.54, 1.807) is 0 Å². The zero-order chi connectivity index (χ0) is 12.5. The number of halogens is 1. The van der Waals surface area contributed by atoms with Gasteiger partial charge in [-0.3, -0.25) is 4.79 Å². The Hall–Kier alpha value is -1.21. The van der Waals surface area contributed by atoms with E-state index in [-0.39, 0.29) is 34.1 Å². The van der Waals surface area contributed by atoms with Crippen LogP contribution in [0.15, 0.2) is 6.33 Å². The van der Waals surface area contributed by atoms with Crippen LogP contribution in [-0.4, -0.2) is 42.2 Å². The van der Waals surface area contributed by atoms with Crippen LogP contribution in [0, 0.1) is 0 Å². The monoisotopic (exact) mass is 275 g/mol. The third-order valence-electron chi connectivity index (χ3n) is 2.53. The molecule has 1 aliphatic heterocycles. The lowest BCUT2D eigenvalue weighted by Crippen LogP contribution is -2.22. The van der Waals surface area contributed by atoms with Crippen molar-refractivity contribution in [3.63, 3.8) is 0 Å². The van der Waals surface area contributed by atoms with Crippen LogP contribution in [0.25, 0.3) is 0 Å². The molecule has 1 aromatic rings. The number of aromatic nitrogens is 2. The van der Waals surface area contributed by atoms with E-state index >= 15 is 0 Å². The fraction of sp³-hybridized carbons (Fsp3) is 0.444. The number of hydrogen-bond donors (Lipinski definition) is 1. The van der Waals surface area contributed by atoms with E-state index in [9.17, 15) is 13.2 Å². The predicted octanol–water partition coefficient (Wildman–Crippen LogP) is 0.541. The number of carbonyl (C=O) groups excluding carboxylic acids is 1. The van der Waals surface area contributed by atoms with Crippen LogP contribution in [0.1, 0.15) is 16.8 Å². The Balaban J connectivity index is 2.20. The van der Waals surface area contributed by atoms with Crippen molar-refractivity contribution in [2.45, 2.75) is 12.5 Å². The van der Waals surface area contributed by atoms with Crippen LogP contribution < -0.4 is 5.32 Å². The molecule has 0 bridgehead atoms. The molecule has 2 heterocycles. The second-order valence-electron chi connectivity index (χ2n) is 3.79. The quantitative estimate of drug-likeness (QED) is 0.640. The predicted molar refractivity (Wildman–Crippen MR) is 63.1 cm³/mol. The summed E-state index contributed by atoms with van der Waals surface area (Å²) < 4.78 is 22.6. The van der Waals surface area contributed by atoms with Gasteiger partial charge in [0.15, 0.2) is 16.1 Å². The van der Waals surface area contributed by atoms with Crippen molar-refractivity contribution in [1.29, 1.82) is 0 Å². The second-order valence-corrected chi connectivity index (χ2v) is 6.38. The topological polar surface area (TPSA) is 89.0 Å². The van der Waals surface area contributed by atoms with Crippen LogP contribution in [0.4, 0.5) is 5.82 Å². The minimum atomic E-state index is -2.97. The third-order valence-corrected chi connectivity index (χ3v) is 4.60. The standard InChI is InChI=1S/C9H10ClN3O3S/c10-8-7(3-14)9(12-5-11-8)13-6-1-2-17(15,16)4-6/h3,5-6H,1-2,4H2,(H,11,12,13). The van der Waals surface area contributed by atoms with Crippen molar-refractivity contribution in [1.82, 2.24) is 9.97 Å². The Morgan fingerprint density at radius 2 is 2.24 bits per heavy atom. The Kier molecular flexibility index (Phi) is 3.30. The van der Waals surface area contributed by atoms with E-state index in [0.29, 0.717) is 12.7 Å². The van der Waals surface area contributed by atoms with Crippen molar-refractivity contribution in [2.75, 3.05) is 16.8 Å². The lowest BCUT2D eigenvalue weighted by molar-refractivity contribution is 0.112. The van der Waals surface area contributed by atoms with Gasteiger partial charge in [-0.2, -0.15) is 0 Å². The molecular weight excluding hydrogens is 266 g/mol. The van der Waals surface area contributed by atoms with E-state index in [4.69, 9.17) is 11.6 Å². The average molecular weight is 276 g/mol. The molecular formula is C9H10ClN3O3S. The fourth-order valence-electron chi connectivity index (χ4n) is 1.70. The van der Waals surface area contributed by atoms with Crippen LogP contribution >= 0.6 is 11.6 Å². The first-order valence-corrected chi connectivity index (χ1v) is 7.14. The molecule has 0 radical (unpaired) electrons. The minimum Gasteiger partial charge on any atom is -0.366 e. The molecule has 1 atom stereocenters. The van der Waals surface area contributed by atoms with Gasteiger partial charge < -0.3 is 5.32 Å². The summed E-state index contributed by atoms with van der Waals surface area (Å²) >= 11 is 5.73. The van der Waals surface area contributed by atoms with Crippen molar-refractivity contribution in [3.8, 4) is 0 Å². The maximum absolute atomic E-state index is 11.3. The van der Waals surface area contributed by atoms with Crippen molar-refractivity contribution in [2.24, 2.45) is 0 Å². The van der Waals surface area contributed by atoms with Gasteiger partial charge in [0, 0.05) is 6.04 Å². The normalized spacial score (nSPS) is 22.3. The molecule has 8 heteroatoms. The molecule has 0 amide bonds. The minimum absolute atomic E-state index is 0.0485. The molecule has 0 aromatic carbocycles. The summed E-state index contributed by atoms with van der Waals surface area (Å²) in [6.45, 7) is 0. The second kappa shape index (κ2) is 4.58. The van der Waals surface area contributed by atoms with E-state index in [2.05, 4.69) is 15.3 Å². The van der Waals surface area contributed by atoms with E-state index in [1.807, 2.05) is 0 Å². The van der Waals surface area contributed by atoms with E-state index in [0.717, 1.165) is 0 Å². The molecule has 0 aliphatic carbocycles. The molecule has 0 spiro atoms. The zero-order valence-corrected chi connectivity index (χ0v) is 10.3. The first-order valence-electron chi connectivity index (χ1n) is 4.94. The molecule has 0 saturated carbocycles. The van der Waals surface area contributed by atoms with Crippen molar-refractivity contribution < 1.29 is 13.2 Å². The van der Waals surface area contributed by atoms with E-state index < -0.39 is 9.84 Å². The van der Waals surface area contributed by atoms with Crippen LogP contribution in [-0.2, 0) is 9.84 Å². The van der Waals surface area contributed by atoms with E-state index in [1.165, 1.54) is 6.33 Å². The van der Waals surface area contributed by atoms with Gasteiger partial charge >= 0.3 is 0 Å². The Morgan fingerprint density at radius 1 is 1.47 bits per heavy atom. The van der Waals surface area contributed by atoms with Gasteiger partial charge in [0.2, 0.25) is 0 Å². The molecule has 1 fully saturated rings. The summed E-state index contributed by atoms with van der Waals surface area (Å²) in [5.41, 5.74) is 0.151. The maximum atomic E-state index is 11.3. The largest absolute Gasteiger partial charge is 0.366 e. The van der Waals surface area contributed by atoms with Crippen LogP contribution in [0.5, 0.6) is 0 Å². The average Bonchev–Trinajstić information content (AvgIpc) is 2.58. The number of anilines is 1. The number of nitrogens with one attached hydrogen (secondary N) is 1. The SMILES string of the molecule is O=Cc1c(Cl)ncnc1NC1CCS(=O)(=O)C1. The Labute approximate surface area is 103 Å². The molecule has 92 valence electrons. The van der Waals surface area contributed by atoms with Crippen LogP contribution in [0.3, 0.4) is 0 Å². The molecule has 1 aromatic heterocycles. The number of nitrogens with zero attached hydrogens (tertiary/aromatic N) is 2. The van der Waals surface area contributed by atoms with Gasteiger partial charge in [0.05, 0.1) is 17.1 Å². The number of sulfone groups is 1. The summed E-state index contributed by atoms with van der Waals surface area (Å²) in [7, 11) is -2.97. The number of aldehydes is 1. The summed E-state index contributed by atoms with van der Waals surface area (Å²) in [6, 6.07) is -0.232. The molecule has 2 rings (SSSR count). The lowest BCUT2D eigenvalue weighted by Gasteiger charge is -2.12. The first-order chi connectivity index (χ1) is 8.02. The maximum Gasteiger partial charge on any atom is 0.156 e. The van der Waals surface area contributed by atoms with Crippen molar-refractivity contribution in [3.05, 3.63) is 17.0 Å². The smallest absolute Gasteiger partial charge is 0.156 e. The van der Waals surface area contributed by atoms with Gasteiger partial charge in [-0.15, -0.1) is 0 Å². The lowest BCUT2D eigenvalue weighted by atomic mass is 10.2. The molecule has 1 saturated heterocycles. The van der Waals surface area contributed by atoms with Gasteiger partial charge in [-0.05, 0) is 6.42 Å². The highest BCUT2D eigenvalue weighted by atomic mass is 35.5. The zero-order valence-electron chi connectivity index (χ0n) is 8.76. The highest BCUT2D eigenvalue weighted by Gasteiger charge is 2.28. The van der Waals surface area contributed by atoms with Gasteiger partial charge in [0.25, 0.3) is 0 Å². The fourth-order valence-corrected chi connectivity index (χ4v) is 3.55. The number of rotatable bonds is 3. The number of hydrogen-bond acceptors (Lipinski definition) is 6. The summed E-state index contributed by atoms with van der Waals surface area (Å²) in [5.74, 6) is 0.481. The van der Waals surface area contributed by atoms with Gasteiger partial charge in [-0.25, -0.2) is 18.4 Å². The molecule has 6 nitrogen and oxygen atoms in total. The van der Waals surface area contributed by atoms with Crippen molar-refractivity contribution >= 4 is 33.5 Å². The summed E-state index contributed by atoms with van der Waals surface area (Å²) in [4.78, 5) is 18.4. The molecule has 17 heavy (non-hydrogen) atoms. The molecule has 1 N–H and O–H groups in total. The summed E-state index contributed by atoms with van der Waals surface area (Å²) in [6.07, 6.45) is 2.28. The third kappa shape index (κ3) is 2.73. The highest BCUT2D eigenvalue weighted by molar-refractivity contribution is 7.91. The van der Waals surface area contributed by atoms with Gasteiger partial charge in [-0.1, -0.05) is 11.6 Å². The molecule has 1 aliphatic rings. The molecule has 1 unspecified atom stereocenters. The Bertz CT molecular complexity index is 546. The van der Waals surface area contributed by atoms with Gasteiger partial charge in [0.1, 0.15) is 17.3 Å². The number of carbonyl (C=O) groups is 1. The highest BCUT2D eigenvalue weighted by Crippen LogP contribution is 2.21. The summed E-state index contributed by atoms with van der Waals surface area (Å²) in [5, 5.41) is 2.96. The first kappa shape index (κ1) is 12.3. The van der Waals surface area contributed by atoms with Crippen LogP contribution in [0.2, 0.25) is 5.15 Å². The Morgan fingerprint density at radius 3 is 2.82 bits per heavy atom.